The molecular weight excluding hydrogens is 852 g/mol. The third-order valence-corrected chi connectivity index (χ3v) is 12.0. The molecule has 7 nitrogen and oxygen atoms in total. The van der Waals surface area contributed by atoms with Crippen LogP contribution < -0.4 is 15.3 Å². The number of carboxylic acid groups (broad SMARTS) is 3. The van der Waals surface area contributed by atoms with Crippen molar-refractivity contribution in [2.24, 2.45) is 0 Å². The second kappa shape index (κ2) is 66.9. The van der Waals surface area contributed by atoms with Gasteiger partial charge in [0.25, 0.3) is 0 Å². The molecule has 0 fully saturated rings. The molecule has 368 valence electrons. The van der Waals surface area contributed by atoms with Gasteiger partial charge >= 0.3 is 28.3 Å². The number of hydrogen-bond acceptors (Lipinski definition) is 7. The molecule has 0 bridgehead atoms. The van der Waals surface area contributed by atoms with Gasteiger partial charge in [-0.3, -0.25) is 0 Å². The number of aliphatic carboxylic acids is 3. The fraction of sp³-hybridized carbons (Fsp3) is 0.944. The van der Waals surface area contributed by atoms with Gasteiger partial charge in [-0.25, -0.2) is 0 Å². The molecule has 62 heavy (non-hydrogen) atoms. The normalized spacial score (nSPS) is 10.6. The van der Waals surface area contributed by atoms with E-state index in [0.29, 0.717) is 25.2 Å². The van der Waals surface area contributed by atoms with Crippen molar-refractivity contribution in [3.8, 4) is 0 Å². The number of unbranched alkanes of at least 4 members (excludes halogenated alkanes) is 42. The Hall–Kier alpha value is -0.747. The van der Waals surface area contributed by atoms with Crippen LogP contribution in [0.2, 0.25) is 0 Å². The summed E-state index contributed by atoms with van der Waals surface area (Å²) in [7, 11) is 0. The molecule has 0 heterocycles. The Morgan fingerprint density at radius 1 is 0.242 bits per heavy atom. The average Bonchev–Trinajstić information content (AvgIpc) is 3.26. The minimum atomic E-state index is -0.903. The van der Waals surface area contributed by atoms with Crippen molar-refractivity contribution in [1.29, 1.82) is 0 Å². The van der Waals surface area contributed by atoms with E-state index in [9.17, 15) is 29.7 Å². The predicted molar refractivity (Wildman–Crippen MR) is 256 cm³/mol. The van der Waals surface area contributed by atoms with Crippen LogP contribution in [-0.2, 0) is 39.5 Å². The van der Waals surface area contributed by atoms with E-state index < -0.39 is 17.9 Å². The number of rotatable bonds is 48. The first-order chi connectivity index (χ1) is 30.3. The fourth-order valence-electron chi connectivity index (χ4n) is 7.92. The Balaban J connectivity index is -0.000000398. The minimum absolute atomic E-state index is 0.234. The van der Waals surface area contributed by atoms with E-state index >= 15 is 0 Å². The molecule has 0 aromatic carbocycles. The zero-order valence-electron chi connectivity index (χ0n) is 41.8. The molecule has 0 amide bonds. The van der Waals surface area contributed by atoms with Gasteiger partial charge in [0.15, 0.2) is 0 Å². The third kappa shape index (κ3) is 79.6. The summed E-state index contributed by atoms with van der Waals surface area (Å²) in [6.45, 7) is 6.80. The van der Waals surface area contributed by atoms with E-state index in [1.807, 2.05) is 0 Å². The summed E-state index contributed by atoms with van der Waals surface area (Å²) >= 11 is 0.550. The Bertz CT molecular complexity index is 720. The molecule has 0 spiro atoms. The van der Waals surface area contributed by atoms with Gasteiger partial charge < -0.3 is 29.7 Å². The summed E-state index contributed by atoms with van der Waals surface area (Å²) in [6.07, 6.45) is 59.6. The Kier molecular flexibility index (Phi) is 73.1. The third-order valence-electron chi connectivity index (χ3n) is 12.0. The van der Waals surface area contributed by atoms with E-state index in [1.165, 1.54) is 250 Å². The summed E-state index contributed by atoms with van der Waals surface area (Å²) in [5.74, 6) is -2.71. The zero-order valence-corrected chi connectivity index (χ0v) is 44.3. The van der Waals surface area contributed by atoms with E-state index in [2.05, 4.69) is 20.8 Å². The van der Waals surface area contributed by atoms with Gasteiger partial charge in [-0.2, -0.15) is 0 Å². The number of carbonyl (C=O) groups excluding carboxylic acids is 3. The quantitative estimate of drug-likeness (QED) is 0.0599. The van der Waals surface area contributed by atoms with Crippen LogP contribution >= 0.6 is 0 Å². The number of carbonyl (C=O) groups is 3. The predicted octanol–water partition coefficient (Wildman–Crippen LogP) is 14.4. The van der Waals surface area contributed by atoms with Crippen LogP contribution in [-0.4, -0.2) is 21.1 Å². The molecule has 0 saturated heterocycles. The van der Waals surface area contributed by atoms with Crippen LogP contribution in [0.5, 0.6) is 0 Å². The molecular formula is C54H106O7Zr. The fourth-order valence-corrected chi connectivity index (χ4v) is 7.92. The van der Waals surface area contributed by atoms with Gasteiger partial charge in [0.1, 0.15) is 0 Å². The van der Waals surface area contributed by atoms with E-state index in [1.54, 1.807) is 0 Å². The standard InChI is InChI=1S/3C18H36O2.H2O.Zr/c3*1-2-3-4-5-6-7-8-9-10-11-12-13-14-15-16-17-18(19)20;;/h3*2-17H2,1H3,(H,19,20);1H2;/q;;;;+4/p-4. The van der Waals surface area contributed by atoms with E-state index in [0.717, 1.165) is 38.5 Å². The summed E-state index contributed by atoms with van der Waals surface area (Å²) in [5.41, 5.74) is 0. The number of carboxylic acids is 3. The topological polar surface area (TPSA) is 141 Å². The van der Waals surface area contributed by atoms with Gasteiger partial charge in [0.2, 0.25) is 0 Å². The maximum atomic E-state index is 10.2. The van der Waals surface area contributed by atoms with E-state index in [-0.39, 0.29) is 19.3 Å². The van der Waals surface area contributed by atoms with Crippen molar-refractivity contribution >= 4 is 17.9 Å². The maximum absolute atomic E-state index is 10.2. The Labute approximate surface area is 402 Å². The molecule has 0 saturated carbocycles. The van der Waals surface area contributed by atoms with E-state index in [4.69, 9.17) is 3.18 Å². The average molecular weight is 959 g/mol. The first-order valence-electron chi connectivity index (χ1n) is 27.1. The molecule has 0 rings (SSSR count). The molecule has 8 heteroatoms. The van der Waals surface area contributed by atoms with Crippen LogP contribution in [0.3, 0.4) is 0 Å². The second-order valence-electron chi connectivity index (χ2n) is 18.2. The zero-order chi connectivity index (χ0) is 46.7. The molecule has 0 aromatic heterocycles. The summed E-state index contributed by atoms with van der Waals surface area (Å²) in [6, 6.07) is 0. The van der Waals surface area contributed by atoms with Crippen LogP contribution in [0, 0.1) is 0 Å². The SMILES string of the molecule is CCCCCCCCCCCCCCCCCC(=O)[O-].CCCCCCCCCCCCCCCCCC(=O)[O-].CCCCCCCCCCCCCCCCCC(=O)[O-].[OH][Zr+3]. The molecule has 1 N–H and O–H groups in total. The van der Waals surface area contributed by atoms with Crippen molar-refractivity contribution in [3.63, 3.8) is 0 Å². The van der Waals surface area contributed by atoms with Crippen molar-refractivity contribution in [2.45, 2.75) is 329 Å². The van der Waals surface area contributed by atoms with Crippen molar-refractivity contribution in [1.82, 2.24) is 0 Å². The molecule has 0 atom stereocenters. The van der Waals surface area contributed by atoms with Crippen molar-refractivity contribution < 1.29 is 58.0 Å². The van der Waals surface area contributed by atoms with Crippen LogP contribution in [0.25, 0.3) is 0 Å². The van der Waals surface area contributed by atoms with Gasteiger partial charge in [-0.05, 0) is 38.5 Å². The van der Waals surface area contributed by atoms with Gasteiger partial charge in [-0.1, -0.05) is 290 Å². The molecule has 0 aliphatic heterocycles. The molecule has 0 radical (unpaired) electrons. The van der Waals surface area contributed by atoms with Gasteiger partial charge in [0, 0.05) is 17.9 Å². The summed E-state index contributed by atoms with van der Waals surface area (Å²) in [4.78, 5) is 30.7. The number of hydrogen-bond donors (Lipinski definition) is 1. The monoisotopic (exact) mass is 957 g/mol. The molecule has 0 aliphatic carbocycles. The Morgan fingerprint density at radius 3 is 0.435 bits per heavy atom. The first-order valence-corrected chi connectivity index (χ1v) is 28.2. The van der Waals surface area contributed by atoms with Gasteiger partial charge in [0.05, 0.1) is 0 Å². The van der Waals surface area contributed by atoms with Crippen LogP contribution in [0.15, 0.2) is 0 Å². The summed E-state index contributed by atoms with van der Waals surface area (Å²) < 4.78 is 7.09. The van der Waals surface area contributed by atoms with Crippen molar-refractivity contribution in [3.05, 3.63) is 0 Å². The molecule has 0 aliphatic rings. The second-order valence-corrected chi connectivity index (χ2v) is 18.2. The molecule has 0 aromatic rings. The van der Waals surface area contributed by atoms with Crippen molar-refractivity contribution in [2.75, 3.05) is 0 Å². The van der Waals surface area contributed by atoms with Crippen LogP contribution in [0.4, 0.5) is 0 Å². The summed E-state index contributed by atoms with van der Waals surface area (Å²) in [5, 5.41) is 30.7. The molecule has 0 unspecified atom stereocenters. The first kappa shape index (κ1) is 67.8. The van der Waals surface area contributed by atoms with Gasteiger partial charge in [-0.15, -0.1) is 0 Å². The Morgan fingerprint density at radius 2 is 0.339 bits per heavy atom. The van der Waals surface area contributed by atoms with Crippen LogP contribution in [0.1, 0.15) is 329 Å².